The summed E-state index contributed by atoms with van der Waals surface area (Å²) in [5.41, 5.74) is 4.46. The molecule has 8 nitrogen and oxygen atoms in total. The van der Waals surface area contributed by atoms with Crippen molar-refractivity contribution in [2.45, 2.75) is 104 Å². The van der Waals surface area contributed by atoms with Crippen molar-refractivity contribution < 1.29 is 32.9 Å². The number of benzene rings is 2. The van der Waals surface area contributed by atoms with Crippen LogP contribution >= 0.6 is 0 Å². The van der Waals surface area contributed by atoms with Gasteiger partial charge in [-0.05, 0) is 109 Å². The number of hydrogen-bond donors (Lipinski definition) is 1. The van der Waals surface area contributed by atoms with Gasteiger partial charge in [-0.3, -0.25) is 4.40 Å². The van der Waals surface area contributed by atoms with Crippen LogP contribution in [0, 0.1) is 25.5 Å². The fourth-order valence-electron chi connectivity index (χ4n) is 7.00. The molecule has 7 rings (SSSR count). The predicted octanol–water partition coefficient (Wildman–Crippen LogP) is 8.83. The number of rotatable bonds is 3. The summed E-state index contributed by atoms with van der Waals surface area (Å²) in [5, 5.41) is 10.6. The summed E-state index contributed by atoms with van der Waals surface area (Å²) >= 11 is 0. The third-order valence-electron chi connectivity index (χ3n) is 9.83. The Morgan fingerprint density at radius 2 is 1.76 bits per heavy atom. The van der Waals surface area contributed by atoms with E-state index in [9.17, 15) is 18.7 Å². The number of aromatic nitrogens is 2. The van der Waals surface area contributed by atoms with E-state index in [4.69, 9.17) is 19.2 Å². The summed E-state index contributed by atoms with van der Waals surface area (Å²) < 4.78 is 50.2. The van der Waals surface area contributed by atoms with E-state index in [0.717, 1.165) is 60.7 Å². The van der Waals surface area contributed by atoms with E-state index in [-0.39, 0.29) is 17.5 Å². The highest BCUT2D eigenvalue weighted by atomic mass is 19.2. The number of hydrogen-bond acceptors (Lipinski definition) is 6. The van der Waals surface area contributed by atoms with E-state index in [1.54, 1.807) is 0 Å². The Morgan fingerprint density at radius 3 is 2.45 bits per heavy atom. The average Bonchev–Trinajstić information content (AvgIpc) is 3.48. The van der Waals surface area contributed by atoms with Crippen molar-refractivity contribution in [2.75, 3.05) is 24.6 Å². The molecule has 6 bridgehead atoms. The smallest absolute Gasteiger partial charge is 0.337 e. The molecule has 0 aliphatic carbocycles. The Hall–Kier alpha value is -4.02. The molecular weight excluding hydrogens is 628 g/mol. The highest BCUT2D eigenvalue weighted by Gasteiger charge is 2.38. The maximum Gasteiger partial charge on any atom is 0.337 e. The number of aryl methyl sites for hydroxylation is 1. The van der Waals surface area contributed by atoms with E-state index in [0.29, 0.717) is 47.7 Å². The largest absolute Gasteiger partial charge is 0.490 e. The number of pyridine rings is 1. The molecule has 0 spiro atoms. The lowest BCUT2D eigenvalue weighted by Crippen LogP contribution is -2.45. The summed E-state index contributed by atoms with van der Waals surface area (Å²) in [6.07, 6.45) is 4.46. The van der Waals surface area contributed by atoms with Crippen molar-refractivity contribution in [3.63, 3.8) is 0 Å². The number of nitrogens with zero attached hydrogens (tertiary/aromatic N) is 3. The molecule has 4 aromatic rings. The second-order valence-corrected chi connectivity index (χ2v) is 14.8. The van der Waals surface area contributed by atoms with Crippen LogP contribution in [0.3, 0.4) is 0 Å². The zero-order chi connectivity index (χ0) is 35.2. The number of halogens is 2. The van der Waals surface area contributed by atoms with Crippen LogP contribution in [-0.4, -0.2) is 57.5 Å². The van der Waals surface area contributed by atoms with E-state index in [1.807, 2.05) is 76.4 Å². The molecule has 0 radical (unpaired) electrons. The molecule has 1 N–H and O–H groups in total. The van der Waals surface area contributed by atoms with Crippen LogP contribution in [0.4, 0.5) is 14.6 Å². The van der Waals surface area contributed by atoms with Crippen LogP contribution < -0.4 is 9.64 Å². The molecule has 10 heteroatoms. The molecule has 0 unspecified atom stereocenters. The highest BCUT2D eigenvalue weighted by molar-refractivity contribution is 5.81. The third-order valence-corrected chi connectivity index (χ3v) is 9.83. The Labute approximate surface area is 287 Å². The van der Waals surface area contributed by atoms with E-state index < -0.39 is 29.3 Å². The predicted molar refractivity (Wildman–Crippen MR) is 186 cm³/mol. The Morgan fingerprint density at radius 1 is 1.06 bits per heavy atom. The molecule has 49 heavy (non-hydrogen) atoms. The molecule has 3 aliphatic heterocycles. The van der Waals surface area contributed by atoms with Crippen LogP contribution in [0.5, 0.6) is 5.75 Å². The molecule has 0 saturated carbocycles. The lowest BCUT2D eigenvalue weighted by molar-refractivity contribution is -0.160. The van der Waals surface area contributed by atoms with Gasteiger partial charge in [0.15, 0.2) is 17.7 Å². The molecule has 2 aromatic heterocycles. The molecule has 1 fully saturated rings. The van der Waals surface area contributed by atoms with Gasteiger partial charge >= 0.3 is 5.97 Å². The lowest BCUT2D eigenvalue weighted by Gasteiger charge is -2.42. The van der Waals surface area contributed by atoms with Crippen molar-refractivity contribution >= 4 is 17.4 Å². The SMILES string of the molecule is Cc1c([C@H](OC(C)(C)C)C(=O)O)c2n3cc(nc3c1C)-c1cccc(c1)-c1cc(F)c(F)cc1O[C@@H](C)CCCCOC1(C)CCN2CC1. The van der Waals surface area contributed by atoms with Gasteiger partial charge in [-0.2, -0.15) is 0 Å². The van der Waals surface area contributed by atoms with Gasteiger partial charge in [-0.15, -0.1) is 0 Å². The minimum atomic E-state index is -1.21. The molecule has 2 aromatic carbocycles. The average molecular weight is 676 g/mol. The first kappa shape index (κ1) is 34.8. The van der Waals surface area contributed by atoms with Gasteiger partial charge in [0.05, 0.1) is 23.0 Å². The fourth-order valence-corrected chi connectivity index (χ4v) is 7.00. The molecule has 5 heterocycles. The molecule has 262 valence electrons. The number of ether oxygens (including phenoxy) is 3. The molecule has 3 aliphatic rings. The van der Waals surface area contributed by atoms with E-state index in [1.165, 1.54) is 6.07 Å². The van der Waals surface area contributed by atoms with Crippen molar-refractivity contribution in [1.29, 1.82) is 0 Å². The summed E-state index contributed by atoms with van der Waals surface area (Å²) in [5.74, 6) is -1.96. The van der Waals surface area contributed by atoms with E-state index in [2.05, 4.69) is 11.8 Å². The number of aliphatic carboxylic acids is 1. The van der Waals surface area contributed by atoms with Gasteiger partial charge in [0, 0.05) is 48.6 Å². The minimum absolute atomic E-state index is 0.217. The van der Waals surface area contributed by atoms with Crippen LogP contribution in [0.25, 0.3) is 28.0 Å². The Balaban J connectivity index is 1.57. The zero-order valence-corrected chi connectivity index (χ0v) is 29.5. The van der Waals surface area contributed by atoms with Crippen molar-refractivity contribution in [2.24, 2.45) is 0 Å². The molecule has 2 atom stereocenters. The number of anilines is 1. The van der Waals surface area contributed by atoms with Crippen LogP contribution in [0.2, 0.25) is 0 Å². The van der Waals surface area contributed by atoms with Crippen LogP contribution in [0.15, 0.2) is 42.6 Å². The maximum atomic E-state index is 14.7. The fraction of sp³-hybridized carbons (Fsp3) is 0.487. The highest BCUT2D eigenvalue weighted by Crippen LogP contribution is 2.42. The Kier molecular flexibility index (Phi) is 9.50. The monoisotopic (exact) mass is 675 g/mol. The van der Waals surface area contributed by atoms with Gasteiger partial charge in [-0.1, -0.05) is 18.2 Å². The second-order valence-electron chi connectivity index (χ2n) is 14.8. The van der Waals surface area contributed by atoms with Gasteiger partial charge < -0.3 is 24.2 Å². The van der Waals surface area contributed by atoms with Crippen molar-refractivity contribution in [3.8, 4) is 28.1 Å². The molecule has 0 amide bonds. The molecule has 1 saturated heterocycles. The van der Waals surface area contributed by atoms with Crippen LogP contribution in [-0.2, 0) is 14.3 Å². The summed E-state index contributed by atoms with van der Waals surface area (Å²) in [6, 6.07) is 9.84. The minimum Gasteiger partial charge on any atom is -0.490 e. The third kappa shape index (κ3) is 7.17. The van der Waals surface area contributed by atoms with Gasteiger partial charge in [0.25, 0.3) is 0 Å². The summed E-state index contributed by atoms with van der Waals surface area (Å²) in [4.78, 5) is 20.3. The second kappa shape index (κ2) is 13.4. The summed E-state index contributed by atoms with van der Waals surface area (Å²) in [7, 11) is 0. The number of piperidine rings is 1. The Bertz CT molecular complexity index is 1870. The van der Waals surface area contributed by atoms with Crippen molar-refractivity contribution in [1.82, 2.24) is 9.38 Å². The van der Waals surface area contributed by atoms with Gasteiger partial charge in [0.2, 0.25) is 0 Å². The van der Waals surface area contributed by atoms with Crippen molar-refractivity contribution in [3.05, 3.63) is 70.9 Å². The first-order chi connectivity index (χ1) is 23.1. The first-order valence-corrected chi connectivity index (χ1v) is 17.2. The van der Waals surface area contributed by atoms with Gasteiger partial charge in [-0.25, -0.2) is 18.6 Å². The number of fused-ring (bicyclic) bond motifs is 8. The number of carboxylic acids is 1. The molecular formula is C39H47F2N3O5. The zero-order valence-electron chi connectivity index (χ0n) is 29.5. The summed E-state index contributed by atoms with van der Waals surface area (Å²) in [6.45, 7) is 15.5. The number of imidazole rings is 1. The topological polar surface area (TPSA) is 85.5 Å². The maximum absolute atomic E-state index is 14.7. The first-order valence-electron chi connectivity index (χ1n) is 17.2. The lowest BCUT2D eigenvalue weighted by atomic mass is 9.92. The number of carbonyl (C=O) groups is 1. The quantitative estimate of drug-likeness (QED) is 0.232. The van der Waals surface area contributed by atoms with Gasteiger partial charge in [0.1, 0.15) is 17.2 Å². The van der Waals surface area contributed by atoms with E-state index >= 15 is 0 Å². The normalized spacial score (nSPS) is 21.0. The van der Waals surface area contributed by atoms with Crippen LogP contribution in [0.1, 0.15) is 89.5 Å². The number of carboxylic acid groups (broad SMARTS) is 1. The standard InChI is InChI=1S/C39H47F2N3O5/c1-23-11-8-9-18-47-39(7)14-16-43(17-15-39)36-33(34(37(45)46)49-38(4,5)6)24(2)25(3)35-42-31(22-44(35)36)27-13-10-12-26(19-27)28-20-29(40)30(41)21-32(28)48-23/h10,12-13,19-23,34H,8-9,11,14-18H2,1-7H3,(H,45,46)/t23-,34-/m0/s1.